The van der Waals surface area contributed by atoms with Crippen LogP contribution in [0.5, 0.6) is 0 Å². The van der Waals surface area contributed by atoms with E-state index in [1.807, 2.05) is 0 Å². The Bertz CT molecular complexity index is 841. The van der Waals surface area contributed by atoms with Gasteiger partial charge >= 0.3 is 5.97 Å². The third-order valence-corrected chi connectivity index (χ3v) is 6.07. The number of thiophene rings is 1. The SMILES string of the molecule is CCOC(=O)C1(n2cnc3sc4c(c3c2=O)CCNC4)CCC1.Cl. The summed E-state index contributed by atoms with van der Waals surface area (Å²) in [6.45, 7) is 3.77. The molecular formula is C16H20ClN3O3S. The van der Waals surface area contributed by atoms with Crippen molar-refractivity contribution in [2.45, 2.75) is 44.7 Å². The van der Waals surface area contributed by atoms with Crippen LogP contribution in [0.3, 0.4) is 0 Å². The van der Waals surface area contributed by atoms with Crippen molar-refractivity contribution < 1.29 is 9.53 Å². The number of halogens is 1. The lowest BCUT2D eigenvalue weighted by molar-refractivity contribution is -0.159. The summed E-state index contributed by atoms with van der Waals surface area (Å²) in [7, 11) is 0. The van der Waals surface area contributed by atoms with Gasteiger partial charge in [-0.2, -0.15) is 0 Å². The Labute approximate surface area is 149 Å². The molecule has 1 saturated carbocycles. The van der Waals surface area contributed by atoms with Crippen molar-refractivity contribution in [3.8, 4) is 0 Å². The van der Waals surface area contributed by atoms with Crippen LogP contribution in [0, 0.1) is 0 Å². The molecule has 0 bridgehead atoms. The minimum atomic E-state index is -0.851. The predicted molar refractivity (Wildman–Crippen MR) is 95.0 cm³/mol. The first-order valence-corrected chi connectivity index (χ1v) is 8.89. The number of carbonyl (C=O) groups excluding carboxylic acids is 1. The largest absolute Gasteiger partial charge is 0.464 e. The van der Waals surface area contributed by atoms with Crippen LogP contribution in [0.15, 0.2) is 11.1 Å². The number of nitrogens with one attached hydrogen (secondary N) is 1. The predicted octanol–water partition coefficient (Wildman–Crippen LogP) is 1.97. The maximum Gasteiger partial charge on any atom is 0.332 e. The summed E-state index contributed by atoms with van der Waals surface area (Å²) in [6.07, 6.45) is 4.59. The highest BCUT2D eigenvalue weighted by molar-refractivity contribution is 7.18. The first-order chi connectivity index (χ1) is 11.2. The fourth-order valence-electron chi connectivity index (χ4n) is 3.54. The van der Waals surface area contributed by atoms with Gasteiger partial charge in [0.05, 0.1) is 12.0 Å². The Hall–Kier alpha value is -1.44. The lowest BCUT2D eigenvalue weighted by Gasteiger charge is -2.40. The number of hydrogen-bond donors (Lipinski definition) is 1. The van der Waals surface area contributed by atoms with Crippen LogP contribution < -0.4 is 10.9 Å². The van der Waals surface area contributed by atoms with E-state index in [4.69, 9.17) is 4.74 Å². The highest BCUT2D eigenvalue weighted by Crippen LogP contribution is 2.40. The smallest absolute Gasteiger partial charge is 0.332 e. The summed E-state index contributed by atoms with van der Waals surface area (Å²) < 4.78 is 6.76. The van der Waals surface area contributed by atoms with Crippen LogP contribution in [0.4, 0.5) is 0 Å². The molecule has 1 fully saturated rings. The molecule has 24 heavy (non-hydrogen) atoms. The molecule has 2 aromatic heterocycles. The molecule has 1 aliphatic heterocycles. The number of carbonyl (C=O) groups is 1. The third kappa shape index (κ3) is 2.37. The average molecular weight is 370 g/mol. The molecule has 4 rings (SSSR count). The molecule has 0 amide bonds. The Morgan fingerprint density at radius 1 is 1.50 bits per heavy atom. The first-order valence-electron chi connectivity index (χ1n) is 8.07. The van der Waals surface area contributed by atoms with Crippen LogP contribution >= 0.6 is 23.7 Å². The molecule has 0 saturated heterocycles. The summed E-state index contributed by atoms with van der Waals surface area (Å²) in [5.74, 6) is -0.305. The van der Waals surface area contributed by atoms with E-state index in [1.165, 1.54) is 15.8 Å². The quantitative estimate of drug-likeness (QED) is 0.837. The Balaban J connectivity index is 0.00000169. The van der Waals surface area contributed by atoms with E-state index in [0.717, 1.165) is 36.3 Å². The van der Waals surface area contributed by atoms with Crippen LogP contribution in [0.1, 0.15) is 36.6 Å². The molecule has 0 aromatic carbocycles. The summed E-state index contributed by atoms with van der Waals surface area (Å²) in [5.41, 5.74) is 0.159. The van der Waals surface area contributed by atoms with Gasteiger partial charge in [-0.1, -0.05) is 0 Å². The molecule has 1 aliphatic carbocycles. The molecular weight excluding hydrogens is 350 g/mol. The highest BCUT2D eigenvalue weighted by Gasteiger charge is 2.48. The van der Waals surface area contributed by atoms with Crippen LogP contribution in [0.25, 0.3) is 10.2 Å². The Morgan fingerprint density at radius 3 is 2.96 bits per heavy atom. The minimum Gasteiger partial charge on any atom is -0.464 e. The van der Waals surface area contributed by atoms with E-state index in [1.54, 1.807) is 18.3 Å². The van der Waals surface area contributed by atoms with Crippen molar-refractivity contribution >= 4 is 39.9 Å². The van der Waals surface area contributed by atoms with Gasteiger partial charge in [-0.3, -0.25) is 9.36 Å². The lowest BCUT2D eigenvalue weighted by atomic mass is 9.76. The number of fused-ring (bicyclic) bond motifs is 3. The van der Waals surface area contributed by atoms with Gasteiger partial charge < -0.3 is 10.1 Å². The summed E-state index contributed by atoms with van der Waals surface area (Å²) in [6, 6.07) is 0. The molecule has 0 radical (unpaired) electrons. The average Bonchev–Trinajstić information content (AvgIpc) is 2.88. The third-order valence-electron chi connectivity index (χ3n) is 4.93. The van der Waals surface area contributed by atoms with Crippen LogP contribution in [-0.4, -0.2) is 28.7 Å². The summed E-state index contributed by atoms with van der Waals surface area (Å²) >= 11 is 1.57. The maximum absolute atomic E-state index is 13.1. The van der Waals surface area contributed by atoms with Crippen molar-refractivity contribution in [2.75, 3.05) is 13.2 Å². The molecule has 130 valence electrons. The number of rotatable bonds is 3. The standard InChI is InChI=1S/C16H19N3O3S.ClH/c1-2-22-15(21)16(5-3-6-16)19-9-18-13-12(14(19)20)10-4-7-17-8-11(10)23-13;/h9,17H,2-8H2,1H3;1H. The van der Waals surface area contributed by atoms with Crippen LogP contribution in [0.2, 0.25) is 0 Å². The zero-order valence-corrected chi connectivity index (χ0v) is 15.1. The number of aromatic nitrogens is 2. The maximum atomic E-state index is 13.1. The van der Waals surface area contributed by atoms with Crippen molar-refractivity contribution in [2.24, 2.45) is 0 Å². The second-order valence-electron chi connectivity index (χ2n) is 6.14. The van der Waals surface area contributed by atoms with Gasteiger partial charge in [-0.25, -0.2) is 9.78 Å². The minimum absolute atomic E-state index is 0. The molecule has 8 heteroatoms. The van der Waals surface area contributed by atoms with Crippen LogP contribution in [-0.2, 0) is 28.0 Å². The highest BCUT2D eigenvalue weighted by atomic mass is 35.5. The van der Waals surface area contributed by atoms with E-state index in [-0.39, 0.29) is 23.9 Å². The van der Waals surface area contributed by atoms with E-state index in [0.29, 0.717) is 24.8 Å². The molecule has 0 atom stereocenters. The van der Waals surface area contributed by atoms with E-state index < -0.39 is 5.54 Å². The fraction of sp³-hybridized carbons (Fsp3) is 0.562. The van der Waals surface area contributed by atoms with Gasteiger partial charge in [-0.05, 0) is 44.7 Å². The second kappa shape index (κ2) is 6.46. The second-order valence-corrected chi connectivity index (χ2v) is 7.22. The van der Waals surface area contributed by atoms with Gasteiger partial charge in [0.2, 0.25) is 0 Å². The molecule has 0 spiro atoms. The van der Waals surface area contributed by atoms with Gasteiger partial charge in [0.1, 0.15) is 16.7 Å². The topological polar surface area (TPSA) is 73.2 Å². The summed E-state index contributed by atoms with van der Waals surface area (Å²) in [5, 5.41) is 4.02. The van der Waals surface area contributed by atoms with E-state index in [2.05, 4.69) is 10.3 Å². The van der Waals surface area contributed by atoms with Crippen molar-refractivity contribution in [1.29, 1.82) is 0 Å². The van der Waals surface area contributed by atoms with E-state index in [9.17, 15) is 9.59 Å². The number of hydrogen-bond acceptors (Lipinski definition) is 6. The van der Waals surface area contributed by atoms with Gasteiger partial charge in [0.15, 0.2) is 0 Å². The molecule has 2 aromatic rings. The number of nitrogens with zero attached hydrogens (tertiary/aromatic N) is 2. The normalized spacial score (nSPS) is 18.4. The monoisotopic (exact) mass is 369 g/mol. The molecule has 0 unspecified atom stereocenters. The molecule has 3 heterocycles. The lowest BCUT2D eigenvalue weighted by Crippen LogP contribution is -2.53. The Kier molecular flexibility index (Phi) is 4.68. The van der Waals surface area contributed by atoms with Crippen molar-refractivity contribution in [3.63, 3.8) is 0 Å². The fourth-order valence-corrected chi connectivity index (χ4v) is 4.69. The van der Waals surface area contributed by atoms with Gasteiger partial charge in [0, 0.05) is 11.4 Å². The number of ether oxygens (including phenoxy) is 1. The Morgan fingerprint density at radius 2 is 2.29 bits per heavy atom. The van der Waals surface area contributed by atoms with Crippen molar-refractivity contribution in [1.82, 2.24) is 14.9 Å². The molecule has 6 nitrogen and oxygen atoms in total. The summed E-state index contributed by atoms with van der Waals surface area (Å²) in [4.78, 5) is 32.0. The first kappa shape index (κ1) is 17.4. The zero-order chi connectivity index (χ0) is 16.0. The van der Waals surface area contributed by atoms with Crippen molar-refractivity contribution in [3.05, 3.63) is 27.1 Å². The zero-order valence-electron chi connectivity index (χ0n) is 13.5. The van der Waals surface area contributed by atoms with E-state index >= 15 is 0 Å². The van der Waals surface area contributed by atoms with Gasteiger partial charge in [0.25, 0.3) is 5.56 Å². The van der Waals surface area contributed by atoms with Gasteiger partial charge in [-0.15, -0.1) is 23.7 Å². The molecule has 1 N–H and O–H groups in total. The number of esters is 1. The molecule has 2 aliphatic rings.